The van der Waals surface area contributed by atoms with Gasteiger partial charge in [-0.1, -0.05) is 33.6 Å². The standard InChI is InChI=1S/C12H29N3O2S/c1-4-7-8-12(11-13)14-18(16,17)15(9-5-2)10-6-3/h12,14H,4-11,13H2,1-3H3. The van der Waals surface area contributed by atoms with Gasteiger partial charge in [-0.15, -0.1) is 0 Å². The summed E-state index contributed by atoms with van der Waals surface area (Å²) in [6.07, 6.45) is 4.49. The third-order valence-corrected chi connectivity index (χ3v) is 4.47. The first-order valence-electron chi connectivity index (χ1n) is 6.99. The van der Waals surface area contributed by atoms with E-state index in [1.807, 2.05) is 13.8 Å². The van der Waals surface area contributed by atoms with Crippen molar-refractivity contribution >= 4 is 10.2 Å². The van der Waals surface area contributed by atoms with Gasteiger partial charge in [-0.3, -0.25) is 0 Å². The van der Waals surface area contributed by atoms with Gasteiger partial charge in [-0.05, 0) is 19.3 Å². The molecular weight excluding hydrogens is 250 g/mol. The van der Waals surface area contributed by atoms with E-state index in [9.17, 15) is 8.42 Å². The Morgan fingerprint density at radius 1 is 1.11 bits per heavy atom. The largest absolute Gasteiger partial charge is 0.329 e. The number of nitrogens with zero attached hydrogens (tertiary/aromatic N) is 1. The maximum absolute atomic E-state index is 12.2. The number of unbranched alkanes of at least 4 members (excludes halogenated alkanes) is 1. The van der Waals surface area contributed by atoms with E-state index in [1.165, 1.54) is 4.31 Å². The fraction of sp³-hybridized carbons (Fsp3) is 1.00. The zero-order valence-electron chi connectivity index (χ0n) is 12.0. The first-order valence-corrected chi connectivity index (χ1v) is 8.43. The Hall–Kier alpha value is -0.170. The predicted octanol–water partition coefficient (Wildman–Crippen LogP) is 1.46. The minimum absolute atomic E-state index is 0.147. The van der Waals surface area contributed by atoms with Gasteiger partial charge < -0.3 is 5.73 Å². The van der Waals surface area contributed by atoms with E-state index in [1.54, 1.807) is 0 Å². The average molecular weight is 279 g/mol. The topological polar surface area (TPSA) is 75.4 Å². The normalized spacial score (nSPS) is 14.1. The first kappa shape index (κ1) is 17.8. The molecule has 0 aromatic heterocycles. The maximum Gasteiger partial charge on any atom is 0.279 e. The lowest BCUT2D eigenvalue weighted by Crippen LogP contribution is -2.48. The Morgan fingerprint density at radius 3 is 2.06 bits per heavy atom. The number of nitrogens with two attached hydrogens (primary N) is 1. The molecule has 3 N–H and O–H groups in total. The second-order valence-electron chi connectivity index (χ2n) is 4.60. The third kappa shape index (κ3) is 6.68. The van der Waals surface area contributed by atoms with Gasteiger partial charge in [0.05, 0.1) is 0 Å². The maximum atomic E-state index is 12.2. The van der Waals surface area contributed by atoms with Crippen molar-refractivity contribution in [1.82, 2.24) is 9.03 Å². The molecule has 0 aromatic carbocycles. The van der Waals surface area contributed by atoms with Crippen molar-refractivity contribution in [1.29, 1.82) is 0 Å². The summed E-state index contributed by atoms with van der Waals surface area (Å²) in [7, 11) is -3.39. The van der Waals surface area contributed by atoms with E-state index in [0.29, 0.717) is 19.6 Å². The van der Waals surface area contributed by atoms with Crippen molar-refractivity contribution in [3.05, 3.63) is 0 Å². The molecule has 6 heteroatoms. The molecule has 1 unspecified atom stereocenters. The summed E-state index contributed by atoms with van der Waals surface area (Å²) < 4.78 is 28.6. The predicted molar refractivity (Wildman–Crippen MR) is 76.6 cm³/mol. The van der Waals surface area contributed by atoms with Crippen LogP contribution in [0.15, 0.2) is 0 Å². The smallest absolute Gasteiger partial charge is 0.279 e. The van der Waals surface area contributed by atoms with E-state index in [4.69, 9.17) is 5.73 Å². The van der Waals surface area contributed by atoms with Crippen LogP contribution in [0.3, 0.4) is 0 Å². The Morgan fingerprint density at radius 2 is 1.67 bits per heavy atom. The Labute approximate surface area is 112 Å². The molecular formula is C12H29N3O2S. The van der Waals surface area contributed by atoms with Gasteiger partial charge in [0.15, 0.2) is 0 Å². The van der Waals surface area contributed by atoms with Crippen LogP contribution >= 0.6 is 0 Å². The van der Waals surface area contributed by atoms with Gasteiger partial charge in [0.1, 0.15) is 0 Å². The van der Waals surface area contributed by atoms with Crippen LogP contribution in [0.25, 0.3) is 0 Å². The highest BCUT2D eigenvalue weighted by atomic mass is 32.2. The van der Waals surface area contributed by atoms with Crippen molar-refractivity contribution in [2.45, 2.75) is 58.9 Å². The van der Waals surface area contributed by atoms with E-state index in [2.05, 4.69) is 11.6 Å². The van der Waals surface area contributed by atoms with Crippen LogP contribution in [0, 0.1) is 0 Å². The summed E-state index contributed by atoms with van der Waals surface area (Å²) in [6.45, 7) is 7.53. The summed E-state index contributed by atoms with van der Waals surface area (Å²) in [4.78, 5) is 0. The van der Waals surface area contributed by atoms with E-state index in [-0.39, 0.29) is 6.04 Å². The molecule has 0 rings (SSSR count). The van der Waals surface area contributed by atoms with Gasteiger partial charge in [-0.2, -0.15) is 17.4 Å². The highest BCUT2D eigenvalue weighted by Gasteiger charge is 2.23. The van der Waals surface area contributed by atoms with Crippen molar-refractivity contribution in [3.63, 3.8) is 0 Å². The number of rotatable bonds is 11. The van der Waals surface area contributed by atoms with Crippen LogP contribution in [-0.4, -0.2) is 38.4 Å². The van der Waals surface area contributed by atoms with Crippen molar-refractivity contribution in [3.8, 4) is 0 Å². The molecule has 18 heavy (non-hydrogen) atoms. The van der Waals surface area contributed by atoms with Gasteiger partial charge in [0.2, 0.25) is 0 Å². The minimum Gasteiger partial charge on any atom is -0.329 e. The van der Waals surface area contributed by atoms with E-state index >= 15 is 0 Å². The molecule has 0 radical (unpaired) electrons. The monoisotopic (exact) mass is 279 g/mol. The zero-order valence-corrected chi connectivity index (χ0v) is 12.8. The zero-order chi connectivity index (χ0) is 14.0. The van der Waals surface area contributed by atoms with Gasteiger partial charge in [0.25, 0.3) is 10.2 Å². The lowest BCUT2D eigenvalue weighted by Gasteiger charge is -2.25. The molecule has 0 spiro atoms. The summed E-state index contributed by atoms with van der Waals surface area (Å²) in [5.41, 5.74) is 5.62. The molecule has 5 nitrogen and oxygen atoms in total. The summed E-state index contributed by atoms with van der Waals surface area (Å²) in [5, 5.41) is 0. The second-order valence-corrected chi connectivity index (χ2v) is 6.30. The molecule has 0 aliphatic heterocycles. The summed E-state index contributed by atoms with van der Waals surface area (Å²) >= 11 is 0. The van der Waals surface area contributed by atoms with Gasteiger partial charge in [-0.25, -0.2) is 0 Å². The van der Waals surface area contributed by atoms with Crippen LogP contribution in [0.2, 0.25) is 0 Å². The van der Waals surface area contributed by atoms with Crippen LogP contribution in [0.1, 0.15) is 52.9 Å². The lowest BCUT2D eigenvalue weighted by atomic mass is 10.1. The molecule has 110 valence electrons. The molecule has 0 aliphatic carbocycles. The third-order valence-electron chi connectivity index (χ3n) is 2.79. The number of hydrogen-bond acceptors (Lipinski definition) is 3. The van der Waals surface area contributed by atoms with Crippen molar-refractivity contribution < 1.29 is 8.42 Å². The highest BCUT2D eigenvalue weighted by molar-refractivity contribution is 7.87. The Bertz CT molecular complexity index is 288. The molecule has 0 fully saturated rings. The average Bonchev–Trinajstić information content (AvgIpc) is 2.34. The molecule has 0 amide bonds. The van der Waals surface area contributed by atoms with Crippen LogP contribution in [0.4, 0.5) is 0 Å². The molecule has 0 aliphatic rings. The van der Waals surface area contributed by atoms with Gasteiger partial charge in [0, 0.05) is 25.7 Å². The van der Waals surface area contributed by atoms with Crippen molar-refractivity contribution in [2.24, 2.45) is 5.73 Å². The highest BCUT2D eigenvalue weighted by Crippen LogP contribution is 2.06. The molecule has 0 saturated heterocycles. The lowest BCUT2D eigenvalue weighted by molar-refractivity contribution is 0.392. The summed E-state index contributed by atoms with van der Waals surface area (Å²) in [5.74, 6) is 0. The fourth-order valence-electron chi connectivity index (χ4n) is 1.81. The molecule has 1 atom stereocenters. The van der Waals surface area contributed by atoms with Crippen LogP contribution < -0.4 is 10.5 Å². The minimum atomic E-state index is -3.39. The van der Waals surface area contributed by atoms with Crippen LogP contribution in [0.5, 0.6) is 0 Å². The van der Waals surface area contributed by atoms with Crippen molar-refractivity contribution in [2.75, 3.05) is 19.6 Å². The quantitative estimate of drug-likeness (QED) is 0.601. The number of nitrogens with one attached hydrogen (secondary N) is 1. The fourth-order valence-corrected chi connectivity index (χ4v) is 3.44. The molecule has 0 bridgehead atoms. The molecule has 0 heterocycles. The SMILES string of the molecule is CCCCC(CN)NS(=O)(=O)N(CCC)CCC. The first-order chi connectivity index (χ1) is 8.51. The van der Waals surface area contributed by atoms with Crippen LogP contribution in [-0.2, 0) is 10.2 Å². The van der Waals surface area contributed by atoms with Gasteiger partial charge >= 0.3 is 0 Å². The van der Waals surface area contributed by atoms with E-state index in [0.717, 1.165) is 32.1 Å². The number of hydrogen-bond donors (Lipinski definition) is 2. The Balaban J connectivity index is 4.56. The van der Waals surface area contributed by atoms with E-state index < -0.39 is 10.2 Å². The summed E-state index contributed by atoms with van der Waals surface area (Å²) in [6, 6.07) is -0.147. The molecule has 0 aromatic rings. The Kier molecular flexibility index (Phi) is 9.63. The molecule has 0 saturated carbocycles. The second kappa shape index (κ2) is 9.72.